The number of nitrogens with one attached hydrogen (secondary N) is 3. The van der Waals surface area contributed by atoms with Gasteiger partial charge in [0.05, 0.1) is 6.07 Å². The molecule has 4 aliphatic rings. The Balaban J connectivity index is 1.59. The second kappa shape index (κ2) is 9.28. The van der Waals surface area contributed by atoms with E-state index in [0.29, 0.717) is 25.8 Å². The zero-order chi connectivity index (χ0) is 25.7. The Morgan fingerprint density at radius 2 is 1.97 bits per heavy atom. The molecule has 2 heterocycles. The molecule has 4 rings (SSSR count). The molecule has 0 unspecified atom stereocenters. The van der Waals surface area contributed by atoms with Crippen LogP contribution < -0.4 is 16.0 Å². The number of carboxylic acid groups (broad SMARTS) is 1. The zero-order valence-electron chi connectivity index (χ0n) is 20.3. The fourth-order valence-corrected chi connectivity index (χ4v) is 6.76. The van der Waals surface area contributed by atoms with Gasteiger partial charge in [-0.2, -0.15) is 5.26 Å². The van der Waals surface area contributed by atoms with E-state index in [2.05, 4.69) is 16.0 Å². The summed E-state index contributed by atoms with van der Waals surface area (Å²) in [6, 6.07) is -0.971. The van der Waals surface area contributed by atoms with E-state index in [1.807, 2.05) is 6.07 Å². The third kappa shape index (κ3) is 4.67. The first-order valence-electron chi connectivity index (χ1n) is 12.3. The maximum Gasteiger partial charge on any atom is 0.405 e. The van der Waals surface area contributed by atoms with Crippen LogP contribution in [0.4, 0.5) is 9.18 Å². The number of nitriles is 1. The third-order valence-corrected chi connectivity index (χ3v) is 8.36. The van der Waals surface area contributed by atoms with E-state index in [-0.39, 0.29) is 48.5 Å². The Kier molecular flexibility index (Phi) is 6.68. The van der Waals surface area contributed by atoms with Crippen molar-refractivity contribution in [2.24, 2.45) is 35.0 Å². The maximum atomic E-state index is 14.8. The van der Waals surface area contributed by atoms with Crippen molar-refractivity contribution in [2.45, 2.75) is 70.8 Å². The van der Waals surface area contributed by atoms with E-state index in [1.54, 1.807) is 20.8 Å². The number of rotatable bonds is 6. The second-order valence-electron chi connectivity index (χ2n) is 11.5. The van der Waals surface area contributed by atoms with Gasteiger partial charge in [0, 0.05) is 19.0 Å². The predicted molar refractivity (Wildman–Crippen MR) is 121 cm³/mol. The van der Waals surface area contributed by atoms with Crippen molar-refractivity contribution in [1.29, 1.82) is 5.26 Å². The van der Waals surface area contributed by atoms with E-state index in [9.17, 15) is 33.9 Å². The smallest absolute Gasteiger partial charge is 0.405 e. The normalized spacial score (nSPS) is 35.1. The predicted octanol–water partition coefficient (Wildman–Crippen LogP) is 1.02. The van der Waals surface area contributed by atoms with Crippen molar-refractivity contribution in [1.82, 2.24) is 20.9 Å². The number of halogens is 1. The average Bonchev–Trinajstić information content (AvgIpc) is 3.51. The van der Waals surface area contributed by atoms with Gasteiger partial charge in [0.1, 0.15) is 24.3 Å². The number of nitrogens with zero attached hydrogens (tertiary/aromatic N) is 2. The topological polar surface area (TPSA) is 152 Å². The van der Waals surface area contributed by atoms with E-state index >= 15 is 0 Å². The lowest BCUT2D eigenvalue weighted by atomic mass is 9.77. The van der Waals surface area contributed by atoms with Gasteiger partial charge in [-0.05, 0) is 54.8 Å². The van der Waals surface area contributed by atoms with Crippen molar-refractivity contribution >= 4 is 23.8 Å². The highest BCUT2D eigenvalue weighted by molar-refractivity contribution is 5.93. The lowest BCUT2D eigenvalue weighted by Crippen LogP contribution is -2.59. The summed E-state index contributed by atoms with van der Waals surface area (Å²) in [5.74, 6) is -2.30. The van der Waals surface area contributed by atoms with Crippen LogP contribution in [0.5, 0.6) is 0 Å². The fourth-order valence-electron chi connectivity index (χ4n) is 6.76. The number of likely N-dealkylation sites (tertiary alicyclic amines) is 1. The molecule has 2 aliphatic carbocycles. The van der Waals surface area contributed by atoms with Crippen molar-refractivity contribution in [3.63, 3.8) is 0 Å². The van der Waals surface area contributed by atoms with Gasteiger partial charge in [-0.1, -0.05) is 20.8 Å². The molecule has 192 valence electrons. The molecule has 4 N–H and O–H groups in total. The second-order valence-corrected chi connectivity index (χ2v) is 11.5. The molecular formula is C24H34FN5O5. The molecule has 2 saturated heterocycles. The zero-order valence-corrected chi connectivity index (χ0v) is 20.3. The Bertz CT molecular complexity index is 946. The van der Waals surface area contributed by atoms with Crippen LogP contribution in [-0.2, 0) is 14.4 Å². The molecule has 9 atom stereocenters. The molecular weight excluding hydrogens is 457 g/mol. The number of alkyl halides is 1. The lowest BCUT2D eigenvalue weighted by molar-refractivity contribution is -0.143. The van der Waals surface area contributed by atoms with Crippen LogP contribution in [-0.4, -0.2) is 71.2 Å². The van der Waals surface area contributed by atoms with Crippen molar-refractivity contribution < 1.29 is 28.7 Å². The van der Waals surface area contributed by atoms with Gasteiger partial charge in [-0.15, -0.1) is 0 Å². The highest BCUT2D eigenvalue weighted by Gasteiger charge is 2.63. The molecule has 10 nitrogen and oxygen atoms in total. The summed E-state index contributed by atoms with van der Waals surface area (Å²) in [7, 11) is 0. The van der Waals surface area contributed by atoms with E-state index in [0.717, 1.165) is 0 Å². The Labute approximate surface area is 204 Å². The molecule has 0 aromatic rings. The highest BCUT2D eigenvalue weighted by atomic mass is 19.1. The quantitative estimate of drug-likeness (QED) is 0.435. The number of fused-ring (bicyclic) bond motifs is 5. The molecule has 2 saturated carbocycles. The summed E-state index contributed by atoms with van der Waals surface area (Å²) in [5.41, 5.74) is -0.763. The minimum atomic E-state index is -1.35. The van der Waals surface area contributed by atoms with Crippen molar-refractivity contribution in [3.8, 4) is 6.07 Å². The molecule has 4 fully saturated rings. The van der Waals surface area contributed by atoms with Gasteiger partial charge in [-0.25, -0.2) is 9.18 Å². The Morgan fingerprint density at radius 1 is 1.26 bits per heavy atom. The van der Waals surface area contributed by atoms with E-state index < -0.39 is 47.6 Å². The van der Waals surface area contributed by atoms with Crippen LogP contribution in [0.2, 0.25) is 0 Å². The Morgan fingerprint density at radius 3 is 2.54 bits per heavy atom. The molecule has 35 heavy (non-hydrogen) atoms. The van der Waals surface area contributed by atoms with Crippen LogP contribution in [0, 0.1) is 46.3 Å². The first kappa shape index (κ1) is 25.2. The number of hydrogen-bond acceptors (Lipinski definition) is 5. The summed E-state index contributed by atoms with van der Waals surface area (Å²) < 4.78 is 14.8. The van der Waals surface area contributed by atoms with Crippen LogP contribution in [0.1, 0.15) is 46.5 Å². The van der Waals surface area contributed by atoms with Gasteiger partial charge in [0.25, 0.3) is 0 Å². The van der Waals surface area contributed by atoms with Gasteiger partial charge >= 0.3 is 6.09 Å². The molecule has 0 radical (unpaired) electrons. The minimum absolute atomic E-state index is 0.0432. The van der Waals surface area contributed by atoms with Crippen LogP contribution in [0.15, 0.2) is 0 Å². The van der Waals surface area contributed by atoms with Crippen LogP contribution >= 0.6 is 0 Å². The maximum absolute atomic E-state index is 14.8. The first-order chi connectivity index (χ1) is 16.4. The van der Waals surface area contributed by atoms with E-state index in [1.165, 1.54) is 4.90 Å². The fraction of sp³-hybridized carbons (Fsp3) is 0.792. The molecule has 0 spiro atoms. The standard InChI is InChI=1S/C24H34FN5O5/c1-24(2,3)19(29-23(34)35)22(33)30-10-15-12-7-14(16(25)8-12)17(15)18(30)21(32)28-13(9-26)6-11-4-5-27-20(11)31/h11-19,29H,4-8,10H2,1-3H3,(H,27,31)(H,28,32)(H,34,35)/t11-,12-,13-,14+,15+,16+,17-,18-,19+/m0/s1. The van der Waals surface area contributed by atoms with Crippen molar-refractivity contribution in [2.75, 3.05) is 13.1 Å². The average molecular weight is 492 g/mol. The van der Waals surface area contributed by atoms with Gasteiger partial charge in [-0.3, -0.25) is 14.4 Å². The van der Waals surface area contributed by atoms with Gasteiger partial charge in [0.15, 0.2) is 0 Å². The van der Waals surface area contributed by atoms with Crippen molar-refractivity contribution in [3.05, 3.63) is 0 Å². The number of hydrogen-bond donors (Lipinski definition) is 4. The monoisotopic (exact) mass is 491 g/mol. The molecule has 4 amide bonds. The minimum Gasteiger partial charge on any atom is -0.465 e. The number of amides is 4. The molecule has 0 aromatic carbocycles. The SMILES string of the molecule is CC(C)(C)[C@H](NC(=O)O)C(=O)N1C[C@@H]2[C@H]3C[C@@H]([C@@H]2[C@H]1C(=O)N[C@H](C#N)C[C@@H]1CCNC1=O)[C@H](F)C3. The lowest BCUT2D eigenvalue weighted by Gasteiger charge is -2.36. The third-order valence-electron chi connectivity index (χ3n) is 8.36. The summed E-state index contributed by atoms with van der Waals surface area (Å²) >= 11 is 0. The number of carbonyl (C=O) groups excluding carboxylic acids is 3. The van der Waals surface area contributed by atoms with Gasteiger partial charge < -0.3 is 26.0 Å². The summed E-state index contributed by atoms with van der Waals surface area (Å²) in [5, 5.41) is 26.7. The summed E-state index contributed by atoms with van der Waals surface area (Å²) in [6.45, 7) is 5.98. The van der Waals surface area contributed by atoms with Crippen LogP contribution in [0.25, 0.3) is 0 Å². The van der Waals surface area contributed by atoms with Gasteiger partial charge in [0.2, 0.25) is 17.7 Å². The first-order valence-corrected chi connectivity index (χ1v) is 12.3. The summed E-state index contributed by atoms with van der Waals surface area (Å²) in [6.07, 6.45) is -0.574. The van der Waals surface area contributed by atoms with E-state index in [4.69, 9.17) is 0 Å². The molecule has 0 aromatic heterocycles. The molecule has 2 bridgehead atoms. The highest BCUT2D eigenvalue weighted by Crippen LogP contribution is 2.58. The molecule has 2 aliphatic heterocycles. The number of carbonyl (C=O) groups is 4. The largest absolute Gasteiger partial charge is 0.465 e. The van der Waals surface area contributed by atoms with Crippen LogP contribution in [0.3, 0.4) is 0 Å². The summed E-state index contributed by atoms with van der Waals surface area (Å²) in [4.78, 5) is 52.1. The molecule has 11 heteroatoms. The Hall–Kier alpha value is -2.90.